The smallest absolute Gasteiger partial charge is 0.262 e. The number of aryl methyl sites for hydroxylation is 1. The normalized spacial score (nSPS) is 14.4. The molecule has 1 aliphatic carbocycles. The summed E-state index contributed by atoms with van der Waals surface area (Å²) in [6.45, 7) is 1.77. The monoisotopic (exact) mass is 433 g/mol. The lowest BCUT2D eigenvalue weighted by molar-refractivity contribution is 0.600. The number of nitrogens with one attached hydrogen (secondary N) is 1. The van der Waals surface area contributed by atoms with Crippen molar-refractivity contribution in [3.05, 3.63) is 52.5 Å². The van der Waals surface area contributed by atoms with E-state index in [0.717, 1.165) is 18.4 Å². The van der Waals surface area contributed by atoms with Crippen molar-refractivity contribution in [2.24, 2.45) is 0 Å². The van der Waals surface area contributed by atoms with E-state index in [0.29, 0.717) is 27.6 Å². The molecule has 0 bridgehead atoms. The van der Waals surface area contributed by atoms with Gasteiger partial charge < -0.3 is 0 Å². The van der Waals surface area contributed by atoms with Crippen molar-refractivity contribution in [1.82, 2.24) is 20.2 Å². The minimum absolute atomic E-state index is 0.236. The molecule has 3 aromatic rings. The standard InChI is InChI=1S/C17H16BrN5O2S/c1-11-5-6-13(18)10-16(11)26(24,25)20-14-4-2-3-12(9-14)17-19-21-22-23(17)15-7-8-15/h2-6,9-10,15,20H,7-8H2,1H3. The summed E-state index contributed by atoms with van der Waals surface area (Å²) in [4.78, 5) is 0.236. The zero-order valence-electron chi connectivity index (χ0n) is 13.9. The summed E-state index contributed by atoms with van der Waals surface area (Å²) < 4.78 is 30.7. The number of hydrogen-bond donors (Lipinski definition) is 1. The molecule has 0 amide bonds. The molecule has 1 saturated carbocycles. The van der Waals surface area contributed by atoms with Gasteiger partial charge in [0, 0.05) is 15.7 Å². The maximum absolute atomic E-state index is 12.8. The first-order chi connectivity index (χ1) is 12.4. The number of nitrogens with zero attached hydrogens (tertiary/aromatic N) is 4. The van der Waals surface area contributed by atoms with Crippen molar-refractivity contribution in [3.8, 4) is 11.4 Å². The Morgan fingerprint density at radius 1 is 1.19 bits per heavy atom. The summed E-state index contributed by atoms with van der Waals surface area (Å²) in [5.74, 6) is 0.646. The molecule has 0 spiro atoms. The average Bonchev–Trinajstić information content (AvgIpc) is 3.33. The maximum Gasteiger partial charge on any atom is 0.262 e. The van der Waals surface area contributed by atoms with E-state index in [1.165, 1.54) is 0 Å². The zero-order valence-corrected chi connectivity index (χ0v) is 16.3. The Labute approximate surface area is 159 Å². The van der Waals surface area contributed by atoms with Crippen molar-refractivity contribution in [3.63, 3.8) is 0 Å². The van der Waals surface area contributed by atoms with Crippen molar-refractivity contribution in [2.75, 3.05) is 4.72 Å². The molecule has 26 heavy (non-hydrogen) atoms. The van der Waals surface area contributed by atoms with Crippen LogP contribution in [0.1, 0.15) is 24.4 Å². The van der Waals surface area contributed by atoms with Gasteiger partial charge in [0.25, 0.3) is 10.0 Å². The second kappa shape index (κ2) is 6.48. The quantitative estimate of drug-likeness (QED) is 0.664. The van der Waals surface area contributed by atoms with Crippen LogP contribution in [0.4, 0.5) is 5.69 Å². The SMILES string of the molecule is Cc1ccc(Br)cc1S(=O)(=O)Nc1cccc(-c2nnnn2C2CC2)c1. The van der Waals surface area contributed by atoms with Crippen molar-refractivity contribution in [2.45, 2.75) is 30.7 Å². The van der Waals surface area contributed by atoms with Crippen LogP contribution >= 0.6 is 15.9 Å². The Kier molecular flexibility index (Phi) is 4.28. The number of halogens is 1. The van der Waals surface area contributed by atoms with Gasteiger partial charge in [-0.1, -0.05) is 34.1 Å². The Balaban J connectivity index is 1.67. The predicted octanol–water partition coefficient (Wildman–Crippen LogP) is 3.55. The van der Waals surface area contributed by atoms with Crippen LogP contribution in [-0.4, -0.2) is 28.6 Å². The molecule has 4 rings (SSSR count). The maximum atomic E-state index is 12.8. The highest BCUT2D eigenvalue weighted by molar-refractivity contribution is 9.10. The number of tetrazole rings is 1. The van der Waals surface area contributed by atoms with Gasteiger partial charge in [0.1, 0.15) is 0 Å². The van der Waals surface area contributed by atoms with E-state index < -0.39 is 10.0 Å². The molecule has 1 fully saturated rings. The summed E-state index contributed by atoms with van der Waals surface area (Å²) in [5.41, 5.74) is 1.91. The summed E-state index contributed by atoms with van der Waals surface area (Å²) in [7, 11) is -3.70. The van der Waals surface area contributed by atoms with Crippen LogP contribution in [0.15, 0.2) is 51.8 Å². The van der Waals surface area contributed by atoms with Crippen LogP contribution < -0.4 is 4.72 Å². The van der Waals surface area contributed by atoms with Gasteiger partial charge in [-0.05, 0) is 60.0 Å². The molecule has 1 heterocycles. The third-order valence-electron chi connectivity index (χ3n) is 4.20. The first-order valence-corrected chi connectivity index (χ1v) is 10.4. The van der Waals surface area contributed by atoms with Crippen LogP contribution in [-0.2, 0) is 10.0 Å². The molecule has 1 aromatic heterocycles. The van der Waals surface area contributed by atoms with Gasteiger partial charge in [-0.2, -0.15) is 0 Å². The van der Waals surface area contributed by atoms with Gasteiger partial charge in [0.2, 0.25) is 0 Å². The van der Waals surface area contributed by atoms with Gasteiger partial charge >= 0.3 is 0 Å². The molecule has 1 N–H and O–H groups in total. The second-order valence-electron chi connectivity index (χ2n) is 6.27. The lowest BCUT2D eigenvalue weighted by atomic mass is 10.2. The third-order valence-corrected chi connectivity index (χ3v) is 6.21. The van der Waals surface area contributed by atoms with Crippen LogP contribution in [0.3, 0.4) is 0 Å². The van der Waals surface area contributed by atoms with Crippen molar-refractivity contribution < 1.29 is 8.42 Å². The number of anilines is 1. The molecule has 2 aromatic carbocycles. The molecular formula is C17H16BrN5O2S. The molecule has 0 unspecified atom stereocenters. The summed E-state index contributed by atoms with van der Waals surface area (Å²) in [5, 5.41) is 11.9. The van der Waals surface area contributed by atoms with E-state index in [9.17, 15) is 8.42 Å². The molecule has 7 nitrogen and oxygen atoms in total. The van der Waals surface area contributed by atoms with Gasteiger partial charge in [-0.15, -0.1) is 5.10 Å². The number of aromatic nitrogens is 4. The average molecular weight is 434 g/mol. The highest BCUT2D eigenvalue weighted by atomic mass is 79.9. The first-order valence-electron chi connectivity index (χ1n) is 8.11. The van der Waals surface area contributed by atoms with Gasteiger partial charge in [-0.25, -0.2) is 13.1 Å². The number of hydrogen-bond acceptors (Lipinski definition) is 5. The molecule has 1 aliphatic rings. The molecule has 0 radical (unpaired) electrons. The topological polar surface area (TPSA) is 89.8 Å². The van der Waals surface area contributed by atoms with E-state index in [1.54, 1.807) is 41.9 Å². The Hall–Kier alpha value is -2.26. The third kappa shape index (κ3) is 3.36. The molecule has 9 heteroatoms. The van der Waals surface area contributed by atoms with Gasteiger partial charge in [0.05, 0.1) is 10.9 Å². The van der Waals surface area contributed by atoms with E-state index >= 15 is 0 Å². The second-order valence-corrected chi connectivity index (χ2v) is 8.84. The predicted molar refractivity (Wildman–Crippen MR) is 101 cm³/mol. The Bertz CT molecular complexity index is 1080. The van der Waals surface area contributed by atoms with Crippen LogP contribution in [0.25, 0.3) is 11.4 Å². The molecule has 0 atom stereocenters. The van der Waals surface area contributed by atoms with E-state index in [-0.39, 0.29) is 4.90 Å². The van der Waals surface area contributed by atoms with Crippen molar-refractivity contribution >= 4 is 31.6 Å². The summed E-state index contributed by atoms with van der Waals surface area (Å²) >= 11 is 3.32. The zero-order chi connectivity index (χ0) is 18.3. The highest BCUT2D eigenvalue weighted by Gasteiger charge is 2.28. The summed E-state index contributed by atoms with van der Waals surface area (Å²) in [6.07, 6.45) is 2.12. The molecule has 134 valence electrons. The first kappa shape index (κ1) is 17.2. The van der Waals surface area contributed by atoms with Crippen LogP contribution in [0.5, 0.6) is 0 Å². The van der Waals surface area contributed by atoms with Gasteiger partial charge in [0.15, 0.2) is 5.82 Å². The van der Waals surface area contributed by atoms with Crippen molar-refractivity contribution in [1.29, 1.82) is 0 Å². The Morgan fingerprint density at radius 3 is 2.77 bits per heavy atom. The fraction of sp³-hybridized carbons (Fsp3) is 0.235. The summed E-state index contributed by atoms with van der Waals surface area (Å²) in [6, 6.07) is 12.6. The number of benzene rings is 2. The Morgan fingerprint density at radius 2 is 2.00 bits per heavy atom. The number of sulfonamides is 1. The van der Waals surface area contributed by atoms with Crippen LogP contribution in [0.2, 0.25) is 0 Å². The van der Waals surface area contributed by atoms with Gasteiger partial charge in [-0.3, -0.25) is 4.72 Å². The van der Waals surface area contributed by atoms with E-state index in [4.69, 9.17) is 0 Å². The molecule has 0 aliphatic heterocycles. The lowest BCUT2D eigenvalue weighted by Crippen LogP contribution is -2.14. The molecule has 0 saturated heterocycles. The lowest BCUT2D eigenvalue weighted by Gasteiger charge is -2.12. The largest absolute Gasteiger partial charge is 0.280 e. The van der Waals surface area contributed by atoms with E-state index in [1.807, 2.05) is 12.1 Å². The number of rotatable bonds is 5. The van der Waals surface area contributed by atoms with E-state index in [2.05, 4.69) is 36.2 Å². The minimum Gasteiger partial charge on any atom is -0.280 e. The fourth-order valence-corrected chi connectivity index (χ4v) is 4.58. The minimum atomic E-state index is -3.70. The fourth-order valence-electron chi connectivity index (χ4n) is 2.74. The highest BCUT2D eigenvalue weighted by Crippen LogP contribution is 2.37. The van der Waals surface area contributed by atoms with Crippen LogP contribution in [0, 0.1) is 6.92 Å². The molecular weight excluding hydrogens is 418 g/mol.